The number of aromatic nitrogens is 3. The minimum atomic E-state index is -0.0568. The van der Waals surface area contributed by atoms with Crippen molar-refractivity contribution in [2.75, 3.05) is 6.54 Å². The summed E-state index contributed by atoms with van der Waals surface area (Å²) in [5.41, 5.74) is 4.35. The molecule has 0 radical (unpaired) electrons. The van der Waals surface area contributed by atoms with E-state index in [4.69, 9.17) is 0 Å². The van der Waals surface area contributed by atoms with Gasteiger partial charge in [0, 0.05) is 30.1 Å². The number of aromatic amines is 1. The summed E-state index contributed by atoms with van der Waals surface area (Å²) in [6.45, 7) is 6.43. The third-order valence-corrected chi connectivity index (χ3v) is 3.65. The maximum absolute atomic E-state index is 11.9. The van der Waals surface area contributed by atoms with Crippen LogP contribution >= 0.6 is 11.3 Å². The van der Waals surface area contributed by atoms with Crippen molar-refractivity contribution in [2.24, 2.45) is 0 Å². The van der Waals surface area contributed by atoms with Crippen LogP contribution in [0.25, 0.3) is 0 Å². The molecule has 2 N–H and O–H groups in total. The van der Waals surface area contributed by atoms with E-state index < -0.39 is 0 Å². The highest BCUT2D eigenvalue weighted by Gasteiger charge is 2.13. The lowest BCUT2D eigenvalue weighted by molar-refractivity contribution is 0.563. The van der Waals surface area contributed by atoms with E-state index in [1.165, 1.54) is 0 Å². The zero-order valence-electron chi connectivity index (χ0n) is 11.4. The molecule has 102 valence electrons. The molecule has 19 heavy (non-hydrogen) atoms. The molecule has 0 aromatic carbocycles. The first-order valence-corrected chi connectivity index (χ1v) is 7.20. The number of H-pyrrole nitrogens is 1. The monoisotopic (exact) mass is 278 g/mol. The van der Waals surface area contributed by atoms with E-state index in [1.54, 1.807) is 18.3 Å². The second-order valence-electron chi connectivity index (χ2n) is 4.56. The molecule has 6 heteroatoms. The minimum absolute atomic E-state index is 0.0181. The summed E-state index contributed by atoms with van der Waals surface area (Å²) in [6.07, 6.45) is 0.865. The molecule has 0 aliphatic heterocycles. The average molecular weight is 278 g/mol. The molecule has 0 saturated carbocycles. The Bertz CT molecular complexity index is 591. The fourth-order valence-electron chi connectivity index (χ4n) is 2.13. The predicted molar refractivity (Wildman–Crippen MR) is 76.6 cm³/mol. The Balaban J connectivity index is 2.00. The molecule has 0 bridgehead atoms. The molecule has 2 aromatic heterocycles. The van der Waals surface area contributed by atoms with Crippen molar-refractivity contribution >= 4 is 11.3 Å². The van der Waals surface area contributed by atoms with Gasteiger partial charge in [-0.2, -0.15) is 0 Å². The fourth-order valence-corrected chi connectivity index (χ4v) is 2.72. The molecule has 2 aromatic rings. The third kappa shape index (κ3) is 3.48. The maximum atomic E-state index is 11.9. The molecular formula is C13H18N4OS. The summed E-state index contributed by atoms with van der Waals surface area (Å²) in [4.78, 5) is 23.2. The van der Waals surface area contributed by atoms with E-state index in [9.17, 15) is 4.79 Å². The summed E-state index contributed by atoms with van der Waals surface area (Å²) in [6, 6.07) is -0.0181. The van der Waals surface area contributed by atoms with Crippen LogP contribution in [0.2, 0.25) is 0 Å². The standard InChI is InChI=1S/C13H18N4OS/c1-8(14-5-4-11-6-19-7-15-11)12-9(2)16-10(3)17-13(12)18/h6-8,14H,4-5H2,1-3H3,(H,16,17,18). The lowest BCUT2D eigenvalue weighted by Gasteiger charge is -2.15. The number of hydrogen-bond donors (Lipinski definition) is 2. The smallest absolute Gasteiger partial charge is 0.255 e. The van der Waals surface area contributed by atoms with Crippen molar-refractivity contribution < 1.29 is 0 Å². The first-order valence-electron chi connectivity index (χ1n) is 6.26. The first kappa shape index (κ1) is 13.9. The molecule has 5 nitrogen and oxygen atoms in total. The van der Waals surface area contributed by atoms with Crippen molar-refractivity contribution in [2.45, 2.75) is 33.2 Å². The lowest BCUT2D eigenvalue weighted by Crippen LogP contribution is -2.29. The second-order valence-corrected chi connectivity index (χ2v) is 5.27. The lowest BCUT2D eigenvalue weighted by atomic mass is 10.1. The van der Waals surface area contributed by atoms with Crippen molar-refractivity contribution in [3.63, 3.8) is 0 Å². The Labute approximate surface area is 116 Å². The van der Waals surface area contributed by atoms with Crippen LogP contribution < -0.4 is 10.9 Å². The summed E-state index contributed by atoms with van der Waals surface area (Å²) < 4.78 is 0. The average Bonchev–Trinajstić information content (AvgIpc) is 2.80. The van der Waals surface area contributed by atoms with Crippen molar-refractivity contribution in [1.29, 1.82) is 0 Å². The summed E-state index contributed by atoms with van der Waals surface area (Å²) in [7, 11) is 0. The quantitative estimate of drug-likeness (QED) is 0.874. The largest absolute Gasteiger partial charge is 0.310 e. The molecule has 0 aliphatic rings. The van der Waals surface area contributed by atoms with Crippen LogP contribution in [0.15, 0.2) is 15.7 Å². The van der Waals surface area contributed by atoms with E-state index in [1.807, 2.05) is 24.7 Å². The van der Waals surface area contributed by atoms with E-state index in [2.05, 4.69) is 20.3 Å². The Morgan fingerprint density at radius 1 is 1.47 bits per heavy atom. The van der Waals surface area contributed by atoms with E-state index >= 15 is 0 Å². The minimum Gasteiger partial charge on any atom is -0.310 e. The summed E-state index contributed by atoms with van der Waals surface area (Å²) in [5, 5.41) is 5.38. The molecule has 0 aliphatic carbocycles. The Kier molecular flexibility index (Phi) is 4.44. The van der Waals surface area contributed by atoms with Crippen LogP contribution in [0.1, 0.15) is 35.7 Å². The van der Waals surface area contributed by atoms with Gasteiger partial charge < -0.3 is 10.3 Å². The van der Waals surface area contributed by atoms with Crippen LogP contribution in [0.4, 0.5) is 0 Å². The number of thiazole rings is 1. The van der Waals surface area contributed by atoms with Gasteiger partial charge >= 0.3 is 0 Å². The molecule has 1 unspecified atom stereocenters. The van der Waals surface area contributed by atoms with Gasteiger partial charge in [0.25, 0.3) is 5.56 Å². The maximum Gasteiger partial charge on any atom is 0.255 e. The Morgan fingerprint density at radius 2 is 2.26 bits per heavy atom. The van der Waals surface area contributed by atoms with Crippen LogP contribution in [0.5, 0.6) is 0 Å². The zero-order valence-corrected chi connectivity index (χ0v) is 12.2. The number of aryl methyl sites for hydroxylation is 2. The second kappa shape index (κ2) is 6.08. The zero-order chi connectivity index (χ0) is 13.8. The summed E-state index contributed by atoms with van der Waals surface area (Å²) >= 11 is 1.60. The molecule has 2 rings (SSSR count). The van der Waals surface area contributed by atoms with Gasteiger partial charge in [-0.05, 0) is 20.8 Å². The van der Waals surface area contributed by atoms with Gasteiger partial charge in [-0.25, -0.2) is 9.97 Å². The topological polar surface area (TPSA) is 70.7 Å². The van der Waals surface area contributed by atoms with E-state index in [-0.39, 0.29) is 11.6 Å². The van der Waals surface area contributed by atoms with Gasteiger partial charge in [0.1, 0.15) is 5.82 Å². The predicted octanol–water partition coefficient (Wildman–Crippen LogP) is 1.74. The van der Waals surface area contributed by atoms with Gasteiger partial charge in [-0.15, -0.1) is 11.3 Å². The van der Waals surface area contributed by atoms with Crippen molar-refractivity contribution in [3.8, 4) is 0 Å². The highest BCUT2D eigenvalue weighted by molar-refractivity contribution is 7.07. The van der Waals surface area contributed by atoms with Gasteiger partial charge in [-0.1, -0.05) is 0 Å². The van der Waals surface area contributed by atoms with E-state index in [0.29, 0.717) is 11.4 Å². The molecule has 0 saturated heterocycles. The molecule has 0 fully saturated rings. The van der Waals surface area contributed by atoms with Crippen LogP contribution in [0.3, 0.4) is 0 Å². The first-order chi connectivity index (χ1) is 9.08. The molecule has 2 heterocycles. The SMILES string of the molecule is Cc1nc(C)c(C(C)NCCc2cscn2)c(=O)[nH]1. The van der Waals surface area contributed by atoms with Crippen molar-refractivity contribution in [3.05, 3.63) is 44.0 Å². The molecule has 1 atom stereocenters. The molecular weight excluding hydrogens is 260 g/mol. The number of nitrogens with one attached hydrogen (secondary N) is 2. The highest BCUT2D eigenvalue weighted by Crippen LogP contribution is 2.10. The van der Waals surface area contributed by atoms with Gasteiger partial charge in [-0.3, -0.25) is 4.79 Å². The van der Waals surface area contributed by atoms with Crippen LogP contribution in [-0.2, 0) is 6.42 Å². The van der Waals surface area contributed by atoms with Gasteiger partial charge in [0.05, 0.1) is 16.8 Å². The fraction of sp³-hybridized carbons (Fsp3) is 0.462. The number of hydrogen-bond acceptors (Lipinski definition) is 5. The van der Waals surface area contributed by atoms with Crippen LogP contribution in [-0.4, -0.2) is 21.5 Å². The Hall–Kier alpha value is -1.53. The molecule has 0 amide bonds. The number of rotatable bonds is 5. The van der Waals surface area contributed by atoms with Gasteiger partial charge in [0.2, 0.25) is 0 Å². The van der Waals surface area contributed by atoms with E-state index in [0.717, 1.165) is 24.4 Å². The Morgan fingerprint density at radius 3 is 2.89 bits per heavy atom. The normalized spacial score (nSPS) is 12.6. The van der Waals surface area contributed by atoms with Crippen molar-refractivity contribution in [1.82, 2.24) is 20.3 Å². The highest BCUT2D eigenvalue weighted by atomic mass is 32.1. The van der Waals surface area contributed by atoms with Crippen LogP contribution in [0, 0.1) is 13.8 Å². The number of nitrogens with zero attached hydrogens (tertiary/aromatic N) is 2. The molecule has 0 spiro atoms. The third-order valence-electron chi connectivity index (χ3n) is 3.01. The summed E-state index contributed by atoms with van der Waals surface area (Å²) in [5.74, 6) is 0.654. The van der Waals surface area contributed by atoms with Gasteiger partial charge in [0.15, 0.2) is 0 Å².